The lowest BCUT2D eigenvalue weighted by Crippen LogP contribution is -2.32. The van der Waals surface area contributed by atoms with E-state index in [0.717, 1.165) is 5.56 Å². The Labute approximate surface area is 142 Å². The predicted octanol–water partition coefficient (Wildman–Crippen LogP) is 2.41. The number of hydrogen-bond acceptors (Lipinski definition) is 5. The van der Waals surface area contributed by atoms with E-state index in [4.69, 9.17) is 0 Å². The van der Waals surface area contributed by atoms with Crippen LogP contribution in [-0.4, -0.2) is 33.0 Å². The maximum atomic E-state index is 12.4. The number of ketones is 1. The van der Waals surface area contributed by atoms with Crippen LogP contribution in [0.3, 0.4) is 0 Å². The molecule has 0 aliphatic rings. The summed E-state index contributed by atoms with van der Waals surface area (Å²) in [6, 6.07) is 13.9. The van der Waals surface area contributed by atoms with Gasteiger partial charge in [-0.05, 0) is 26.0 Å². The number of benzene rings is 2. The third-order valence-corrected chi connectivity index (χ3v) is 8.50. The predicted molar refractivity (Wildman–Crippen MR) is 92.4 cm³/mol. The maximum Gasteiger partial charge on any atom is 0.192 e. The molecule has 0 bridgehead atoms. The van der Waals surface area contributed by atoms with Crippen LogP contribution < -0.4 is 0 Å². The molecular formula is C17H18O5S2. The number of Topliss-reactive ketones (excluding diaryl/α,β-unsaturated/α-hetero) is 1. The van der Waals surface area contributed by atoms with Gasteiger partial charge in [-0.25, -0.2) is 16.8 Å². The molecule has 7 heteroatoms. The van der Waals surface area contributed by atoms with Crippen LogP contribution in [0.5, 0.6) is 0 Å². The minimum Gasteiger partial charge on any atom is -0.293 e. The number of rotatable bonds is 6. The minimum atomic E-state index is -4.16. The van der Waals surface area contributed by atoms with E-state index in [1.807, 2.05) is 0 Å². The highest BCUT2D eigenvalue weighted by molar-refractivity contribution is 8.08. The third-order valence-electron chi connectivity index (χ3n) is 3.67. The lowest BCUT2D eigenvalue weighted by molar-refractivity contribution is 0.0991. The molecule has 1 atom stereocenters. The zero-order chi connectivity index (χ0) is 18.0. The molecule has 0 saturated heterocycles. The Bertz CT molecular complexity index is 928. The van der Waals surface area contributed by atoms with Crippen molar-refractivity contribution < 1.29 is 21.6 Å². The number of aryl methyl sites for hydroxylation is 1. The second kappa shape index (κ2) is 6.86. The lowest BCUT2D eigenvalue weighted by Gasteiger charge is -2.12. The summed E-state index contributed by atoms with van der Waals surface area (Å²) in [6.45, 7) is 3.02. The van der Waals surface area contributed by atoms with Gasteiger partial charge in [0.25, 0.3) is 0 Å². The van der Waals surface area contributed by atoms with Crippen LogP contribution in [0, 0.1) is 6.92 Å². The first-order valence-corrected chi connectivity index (χ1v) is 10.6. The monoisotopic (exact) mass is 366 g/mol. The second-order valence-electron chi connectivity index (χ2n) is 5.58. The topological polar surface area (TPSA) is 85.3 Å². The molecule has 0 heterocycles. The Kier molecular flexibility index (Phi) is 5.25. The average molecular weight is 366 g/mol. The Morgan fingerprint density at radius 1 is 0.917 bits per heavy atom. The summed E-state index contributed by atoms with van der Waals surface area (Å²) in [5, 5.41) is -2.52. The molecule has 2 aromatic rings. The first-order valence-electron chi connectivity index (χ1n) is 7.24. The summed E-state index contributed by atoms with van der Waals surface area (Å²) in [4.78, 5) is 12.2. The second-order valence-corrected chi connectivity index (χ2v) is 10.3. The summed E-state index contributed by atoms with van der Waals surface area (Å²) >= 11 is 0. The fraction of sp³-hybridized carbons (Fsp3) is 0.235. The van der Waals surface area contributed by atoms with Crippen LogP contribution >= 0.6 is 0 Å². The van der Waals surface area contributed by atoms with Gasteiger partial charge in [0.05, 0.1) is 4.90 Å². The molecule has 0 aliphatic heterocycles. The van der Waals surface area contributed by atoms with Crippen molar-refractivity contribution in [1.29, 1.82) is 0 Å². The molecule has 0 amide bonds. The van der Waals surface area contributed by atoms with Gasteiger partial charge in [-0.2, -0.15) is 0 Å². The summed E-state index contributed by atoms with van der Waals surface area (Å²) in [5.74, 6) is -0.616. The molecule has 0 saturated carbocycles. The fourth-order valence-electron chi connectivity index (χ4n) is 2.13. The van der Waals surface area contributed by atoms with Crippen molar-refractivity contribution >= 4 is 25.5 Å². The molecule has 0 aliphatic carbocycles. The molecule has 0 spiro atoms. The van der Waals surface area contributed by atoms with E-state index >= 15 is 0 Å². The largest absolute Gasteiger partial charge is 0.293 e. The maximum absolute atomic E-state index is 12.4. The first kappa shape index (κ1) is 18.4. The number of carbonyl (C=O) groups is 1. The molecule has 24 heavy (non-hydrogen) atoms. The molecule has 0 radical (unpaired) electrons. The Balaban J connectivity index is 2.27. The molecule has 2 rings (SSSR count). The SMILES string of the molecule is Cc1ccc(S(=O)(=O)CS(=O)(=O)C(C)C(=O)c2ccccc2)cc1. The van der Waals surface area contributed by atoms with Gasteiger partial charge in [0, 0.05) is 5.56 Å². The van der Waals surface area contributed by atoms with Crippen LogP contribution in [0.2, 0.25) is 0 Å². The lowest BCUT2D eigenvalue weighted by atomic mass is 10.1. The highest BCUT2D eigenvalue weighted by Gasteiger charge is 2.33. The summed E-state index contributed by atoms with van der Waals surface area (Å²) in [5.41, 5.74) is 1.10. The van der Waals surface area contributed by atoms with Gasteiger partial charge in [0.2, 0.25) is 0 Å². The zero-order valence-corrected chi connectivity index (χ0v) is 15.0. The van der Waals surface area contributed by atoms with Crippen molar-refractivity contribution in [1.82, 2.24) is 0 Å². The average Bonchev–Trinajstić information content (AvgIpc) is 2.53. The Morgan fingerprint density at radius 3 is 2.00 bits per heavy atom. The van der Waals surface area contributed by atoms with E-state index in [-0.39, 0.29) is 10.5 Å². The Morgan fingerprint density at radius 2 is 1.46 bits per heavy atom. The fourth-order valence-corrected chi connectivity index (χ4v) is 6.24. The molecule has 128 valence electrons. The molecule has 0 aromatic heterocycles. The molecule has 0 fully saturated rings. The third kappa shape index (κ3) is 4.10. The van der Waals surface area contributed by atoms with Crippen LogP contribution in [0.25, 0.3) is 0 Å². The van der Waals surface area contributed by atoms with Gasteiger partial charge < -0.3 is 0 Å². The van der Waals surface area contributed by atoms with Gasteiger partial charge in [-0.15, -0.1) is 0 Å². The van der Waals surface area contributed by atoms with E-state index in [1.54, 1.807) is 37.3 Å². The first-order chi connectivity index (χ1) is 11.1. The standard InChI is InChI=1S/C17H18O5S2/c1-13-8-10-16(11-9-13)24(21,22)12-23(19,20)14(2)17(18)15-6-4-3-5-7-15/h3-11,14H,12H2,1-2H3. The van der Waals surface area contributed by atoms with Crippen molar-refractivity contribution in [2.24, 2.45) is 0 Å². The van der Waals surface area contributed by atoms with Crippen molar-refractivity contribution in [3.8, 4) is 0 Å². The Hall–Kier alpha value is -1.99. The minimum absolute atomic E-state index is 0.0731. The van der Waals surface area contributed by atoms with Crippen LogP contribution in [0.15, 0.2) is 59.5 Å². The van der Waals surface area contributed by atoms with E-state index in [9.17, 15) is 21.6 Å². The van der Waals surface area contributed by atoms with Crippen LogP contribution in [-0.2, 0) is 19.7 Å². The number of sulfone groups is 2. The van der Waals surface area contributed by atoms with Crippen LogP contribution in [0.4, 0.5) is 0 Å². The number of carbonyl (C=O) groups excluding carboxylic acids is 1. The number of hydrogen-bond donors (Lipinski definition) is 0. The van der Waals surface area contributed by atoms with E-state index in [2.05, 4.69) is 0 Å². The molecule has 0 N–H and O–H groups in total. The quantitative estimate of drug-likeness (QED) is 0.733. The highest BCUT2D eigenvalue weighted by Crippen LogP contribution is 2.18. The van der Waals surface area contributed by atoms with Crippen molar-refractivity contribution in [3.63, 3.8) is 0 Å². The smallest absolute Gasteiger partial charge is 0.192 e. The van der Waals surface area contributed by atoms with Crippen LogP contribution in [0.1, 0.15) is 22.8 Å². The highest BCUT2D eigenvalue weighted by atomic mass is 32.3. The van der Waals surface area contributed by atoms with Gasteiger partial charge in [-0.1, -0.05) is 48.0 Å². The summed E-state index contributed by atoms with van der Waals surface area (Å²) < 4.78 is 49.5. The molecule has 5 nitrogen and oxygen atoms in total. The molecule has 2 aromatic carbocycles. The van der Waals surface area contributed by atoms with E-state index in [0.29, 0.717) is 0 Å². The van der Waals surface area contributed by atoms with Crippen molar-refractivity contribution in [2.45, 2.75) is 24.0 Å². The van der Waals surface area contributed by atoms with Crippen molar-refractivity contribution in [2.75, 3.05) is 5.08 Å². The molecule has 1 unspecified atom stereocenters. The normalized spacial score (nSPS) is 13.4. The van der Waals surface area contributed by atoms with Crippen molar-refractivity contribution in [3.05, 3.63) is 65.7 Å². The molecular weight excluding hydrogens is 348 g/mol. The summed E-state index contributed by atoms with van der Waals surface area (Å²) in [6.07, 6.45) is 0. The summed E-state index contributed by atoms with van der Waals surface area (Å²) in [7, 11) is -8.20. The van der Waals surface area contributed by atoms with Gasteiger partial charge in [0.1, 0.15) is 5.25 Å². The van der Waals surface area contributed by atoms with E-state index < -0.39 is 35.8 Å². The van der Waals surface area contributed by atoms with Gasteiger partial charge >= 0.3 is 0 Å². The van der Waals surface area contributed by atoms with Gasteiger partial charge in [-0.3, -0.25) is 4.79 Å². The van der Waals surface area contributed by atoms with Gasteiger partial charge in [0.15, 0.2) is 30.5 Å². The van der Waals surface area contributed by atoms with E-state index in [1.165, 1.54) is 31.2 Å². The zero-order valence-electron chi connectivity index (χ0n) is 13.3.